The molecule has 1 aliphatic rings. The molecule has 0 amide bonds. The molecule has 2 aromatic heterocycles. The molecular formula is C12H16N3O7PS. The van der Waals surface area contributed by atoms with Crippen LogP contribution >= 0.6 is 19.2 Å². The second-order valence-electron chi connectivity index (χ2n) is 5.80. The maximum absolute atomic E-state index is 11.9. The molecule has 2 aromatic rings. The first kappa shape index (κ1) is 17.5. The third-order valence-corrected chi connectivity index (χ3v) is 5.21. The summed E-state index contributed by atoms with van der Waals surface area (Å²) >= 11 is 1.19. The number of nitrogens with two attached hydrogens (primary N) is 1. The van der Waals surface area contributed by atoms with Gasteiger partial charge in [0.05, 0.1) is 34.1 Å². The Bertz CT molecular complexity index is 873. The molecule has 132 valence electrons. The van der Waals surface area contributed by atoms with Gasteiger partial charge in [0.1, 0.15) is 6.10 Å². The zero-order chi connectivity index (χ0) is 17.7. The highest BCUT2D eigenvalue weighted by Crippen LogP contribution is 2.46. The molecule has 0 spiro atoms. The Labute approximate surface area is 139 Å². The van der Waals surface area contributed by atoms with E-state index in [1.54, 1.807) is 5.38 Å². The van der Waals surface area contributed by atoms with Gasteiger partial charge in [-0.3, -0.25) is 14.3 Å². The van der Waals surface area contributed by atoms with E-state index in [1.807, 2.05) is 0 Å². The summed E-state index contributed by atoms with van der Waals surface area (Å²) in [5.41, 5.74) is 4.20. The third kappa shape index (κ3) is 3.38. The van der Waals surface area contributed by atoms with Gasteiger partial charge in [-0.05, 0) is 6.92 Å². The average molecular weight is 377 g/mol. The number of hydrogen-bond acceptors (Lipinski definition) is 8. The first-order valence-corrected chi connectivity index (χ1v) is 9.32. The number of aliphatic hydroxyl groups is 1. The van der Waals surface area contributed by atoms with Crippen LogP contribution in [0.1, 0.15) is 24.3 Å². The van der Waals surface area contributed by atoms with Crippen LogP contribution in [0.25, 0.3) is 10.9 Å². The predicted molar refractivity (Wildman–Crippen MR) is 85.5 cm³/mol. The van der Waals surface area contributed by atoms with Crippen LogP contribution in [0.3, 0.4) is 0 Å². The summed E-state index contributed by atoms with van der Waals surface area (Å²) in [4.78, 5) is 36.4. The first-order valence-electron chi connectivity index (χ1n) is 6.91. The number of aromatic amines is 1. The van der Waals surface area contributed by atoms with Gasteiger partial charge in [0.2, 0.25) is 5.95 Å². The largest absolute Gasteiger partial charge is 0.469 e. The second kappa shape index (κ2) is 5.88. The van der Waals surface area contributed by atoms with Gasteiger partial charge in [-0.1, -0.05) is 0 Å². The minimum Gasteiger partial charge on any atom is -0.387 e. The van der Waals surface area contributed by atoms with Gasteiger partial charge in [0, 0.05) is 11.8 Å². The van der Waals surface area contributed by atoms with Crippen molar-refractivity contribution in [1.82, 2.24) is 9.97 Å². The smallest absolute Gasteiger partial charge is 0.387 e. The first-order chi connectivity index (χ1) is 11.1. The van der Waals surface area contributed by atoms with E-state index in [1.165, 1.54) is 18.3 Å². The molecule has 0 bridgehead atoms. The van der Waals surface area contributed by atoms with Gasteiger partial charge in [-0.15, -0.1) is 11.3 Å². The second-order valence-corrected chi connectivity index (χ2v) is 7.95. The molecular weight excluding hydrogens is 361 g/mol. The van der Waals surface area contributed by atoms with Crippen LogP contribution in [0.15, 0.2) is 10.2 Å². The Hall–Kier alpha value is -1.33. The number of aromatic nitrogens is 2. The molecule has 6 N–H and O–H groups in total. The average Bonchev–Trinajstić information content (AvgIpc) is 2.96. The van der Waals surface area contributed by atoms with Gasteiger partial charge in [0.15, 0.2) is 0 Å². The monoisotopic (exact) mass is 377 g/mol. The number of fused-ring (bicyclic) bond motifs is 1. The number of phosphoric ester groups is 1. The SMILES string of the molecule is CC1(O)CC(COP(=O)(O)O)OC1c1scc2c(=O)[nH]c(N)nc12. The molecule has 24 heavy (non-hydrogen) atoms. The summed E-state index contributed by atoms with van der Waals surface area (Å²) in [6.07, 6.45) is -1.43. The maximum Gasteiger partial charge on any atom is 0.469 e. The van der Waals surface area contributed by atoms with E-state index in [4.69, 9.17) is 20.3 Å². The maximum atomic E-state index is 11.9. The molecule has 3 rings (SSSR count). The lowest BCUT2D eigenvalue weighted by Gasteiger charge is -2.22. The summed E-state index contributed by atoms with van der Waals surface area (Å²) in [7, 11) is -4.63. The Kier molecular flexibility index (Phi) is 4.29. The van der Waals surface area contributed by atoms with E-state index in [0.29, 0.717) is 15.8 Å². The molecule has 1 fully saturated rings. The van der Waals surface area contributed by atoms with Crippen LogP contribution in [0.2, 0.25) is 0 Å². The lowest BCUT2D eigenvalue weighted by Crippen LogP contribution is -2.28. The Morgan fingerprint density at radius 2 is 2.33 bits per heavy atom. The molecule has 10 nitrogen and oxygen atoms in total. The number of phosphoric acid groups is 1. The number of anilines is 1. The number of nitrogens with zero attached hydrogens (tertiary/aromatic N) is 1. The fourth-order valence-corrected chi connectivity index (χ4v) is 4.26. The lowest BCUT2D eigenvalue weighted by molar-refractivity contribution is -0.0437. The molecule has 12 heteroatoms. The van der Waals surface area contributed by atoms with Crippen LogP contribution in [0.4, 0.5) is 5.95 Å². The molecule has 0 aromatic carbocycles. The van der Waals surface area contributed by atoms with Crippen molar-refractivity contribution in [3.8, 4) is 0 Å². The summed E-state index contributed by atoms with van der Waals surface area (Å²) < 4.78 is 20.9. The molecule has 3 heterocycles. The molecule has 3 unspecified atom stereocenters. The van der Waals surface area contributed by atoms with Crippen LogP contribution in [-0.4, -0.2) is 43.2 Å². The van der Waals surface area contributed by atoms with Crippen molar-refractivity contribution in [2.24, 2.45) is 0 Å². The number of thiophene rings is 1. The van der Waals surface area contributed by atoms with E-state index >= 15 is 0 Å². The van der Waals surface area contributed by atoms with Gasteiger partial charge in [0.25, 0.3) is 5.56 Å². The summed E-state index contributed by atoms with van der Waals surface area (Å²) in [5.74, 6) is -0.0498. The van der Waals surface area contributed by atoms with Gasteiger partial charge < -0.3 is 25.4 Å². The number of H-pyrrole nitrogens is 1. The summed E-state index contributed by atoms with van der Waals surface area (Å²) in [6, 6.07) is 0. The minimum atomic E-state index is -4.63. The van der Waals surface area contributed by atoms with Crippen molar-refractivity contribution in [3.05, 3.63) is 20.6 Å². The van der Waals surface area contributed by atoms with Crippen LogP contribution in [0.5, 0.6) is 0 Å². The van der Waals surface area contributed by atoms with Crippen molar-refractivity contribution in [1.29, 1.82) is 0 Å². The van der Waals surface area contributed by atoms with Crippen molar-refractivity contribution < 1.29 is 28.7 Å². The number of nitrogens with one attached hydrogen (secondary N) is 1. The van der Waals surface area contributed by atoms with Gasteiger partial charge in [-0.25, -0.2) is 9.55 Å². The minimum absolute atomic E-state index is 0.0498. The Morgan fingerprint density at radius 1 is 1.62 bits per heavy atom. The molecule has 3 atom stereocenters. The highest BCUT2D eigenvalue weighted by atomic mass is 32.1. The third-order valence-electron chi connectivity index (χ3n) is 3.71. The molecule has 0 aliphatic carbocycles. The van der Waals surface area contributed by atoms with E-state index in [0.717, 1.165) is 0 Å². The predicted octanol–water partition coefficient (Wildman–Crippen LogP) is 0.257. The highest BCUT2D eigenvalue weighted by Gasteiger charge is 2.46. The molecule has 0 radical (unpaired) electrons. The van der Waals surface area contributed by atoms with Crippen LogP contribution in [-0.2, 0) is 13.8 Å². The summed E-state index contributed by atoms with van der Waals surface area (Å²) in [5, 5.41) is 12.5. The lowest BCUT2D eigenvalue weighted by atomic mass is 9.94. The summed E-state index contributed by atoms with van der Waals surface area (Å²) in [6.45, 7) is 1.17. The van der Waals surface area contributed by atoms with Gasteiger partial charge in [-0.2, -0.15) is 0 Å². The van der Waals surface area contributed by atoms with Crippen LogP contribution < -0.4 is 11.3 Å². The normalized spacial score (nSPS) is 27.8. The van der Waals surface area contributed by atoms with Crippen molar-refractivity contribution >= 4 is 36.0 Å². The number of hydrogen-bond donors (Lipinski definition) is 5. The molecule has 1 aliphatic heterocycles. The molecule has 0 saturated carbocycles. The number of ether oxygens (including phenoxy) is 1. The van der Waals surface area contributed by atoms with E-state index in [9.17, 15) is 14.5 Å². The van der Waals surface area contributed by atoms with Crippen molar-refractivity contribution in [2.75, 3.05) is 12.3 Å². The van der Waals surface area contributed by atoms with Gasteiger partial charge >= 0.3 is 7.82 Å². The number of rotatable bonds is 4. The fraction of sp³-hybridized carbons (Fsp3) is 0.500. The zero-order valence-electron chi connectivity index (χ0n) is 12.5. The van der Waals surface area contributed by atoms with E-state index < -0.39 is 25.6 Å². The van der Waals surface area contributed by atoms with Crippen molar-refractivity contribution in [2.45, 2.75) is 31.2 Å². The quantitative estimate of drug-likeness (QED) is 0.469. The van der Waals surface area contributed by atoms with E-state index in [-0.39, 0.29) is 24.5 Å². The standard InChI is InChI=1S/C12H16N3O7PS/c1-12(17)2-5(3-21-23(18,19)20)22-9(12)8-7-6(4-24-8)10(16)15-11(13)14-7/h4-5,9,17H,2-3H2,1H3,(H2,18,19,20)(H3,13,14,15,16). The van der Waals surface area contributed by atoms with Crippen molar-refractivity contribution in [3.63, 3.8) is 0 Å². The molecule has 1 saturated heterocycles. The Morgan fingerprint density at radius 3 is 3.00 bits per heavy atom. The van der Waals surface area contributed by atoms with E-state index in [2.05, 4.69) is 14.5 Å². The Balaban J connectivity index is 1.92. The highest BCUT2D eigenvalue weighted by molar-refractivity contribution is 7.46. The van der Waals surface area contributed by atoms with Crippen LogP contribution in [0, 0.1) is 0 Å². The fourth-order valence-electron chi connectivity index (χ4n) is 2.74. The zero-order valence-corrected chi connectivity index (χ0v) is 14.2. The number of nitrogen functional groups attached to an aromatic ring is 1. The topological polar surface area (TPSA) is 168 Å².